The van der Waals surface area contributed by atoms with E-state index in [1.165, 1.54) is 17.6 Å². The Bertz CT molecular complexity index is 866. The summed E-state index contributed by atoms with van der Waals surface area (Å²) in [5.41, 5.74) is 0.512. The molecule has 0 saturated heterocycles. The number of nitrogens with one attached hydrogen (secondary N) is 2. The number of rotatable bonds is 6. The molecule has 24 heavy (non-hydrogen) atoms. The molecule has 0 aliphatic heterocycles. The van der Waals surface area contributed by atoms with E-state index in [1.807, 2.05) is 24.3 Å². The lowest BCUT2D eigenvalue weighted by molar-refractivity contribution is 0.0953. The number of amides is 1. The van der Waals surface area contributed by atoms with Crippen molar-refractivity contribution in [3.05, 3.63) is 52.5 Å². The van der Waals surface area contributed by atoms with E-state index in [9.17, 15) is 9.90 Å². The van der Waals surface area contributed by atoms with Crippen LogP contribution in [-0.4, -0.2) is 28.5 Å². The Kier molecular flexibility index (Phi) is 5.32. The van der Waals surface area contributed by atoms with Crippen molar-refractivity contribution in [2.45, 2.75) is 6.42 Å². The van der Waals surface area contributed by atoms with Crippen molar-refractivity contribution in [1.29, 1.82) is 0 Å². The molecule has 3 rings (SSSR count). The molecule has 5 nitrogen and oxygen atoms in total. The molecule has 1 aromatic heterocycles. The van der Waals surface area contributed by atoms with Gasteiger partial charge in [-0.3, -0.25) is 4.79 Å². The number of fused-ring (bicyclic) bond motifs is 1. The van der Waals surface area contributed by atoms with Gasteiger partial charge < -0.3 is 15.7 Å². The average molecular weight is 406 g/mol. The van der Waals surface area contributed by atoms with Gasteiger partial charge in [-0.15, -0.1) is 0 Å². The van der Waals surface area contributed by atoms with E-state index < -0.39 is 0 Å². The smallest absolute Gasteiger partial charge is 0.251 e. The number of anilines is 1. The zero-order valence-corrected chi connectivity index (χ0v) is 15.2. The Hall–Kier alpha value is -2.12. The Balaban J connectivity index is 1.45. The summed E-state index contributed by atoms with van der Waals surface area (Å²) in [6.07, 6.45) is 0.789. The first-order valence-electron chi connectivity index (χ1n) is 7.50. The van der Waals surface area contributed by atoms with Crippen molar-refractivity contribution in [3.63, 3.8) is 0 Å². The molecular weight excluding hydrogens is 390 g/mol. The maximum atomic E-state index is 12.0. The minimum atomic E-state index is -0.158. The summed E-state index contributed by atoms with van der Waals surface area (Å²) >= 11 is 4.68. The number of hydrogen-bond donors (Lipinski definition) is 3. The van der Waals surface area contributed by atoms with Crippen LogP contribution in [0.1, 0.15) is 16.8 Å². The summed E-state index contributed by atoms with van der Waals surface area (Å²) < 4.78 is 6.07. The van der Waals surface area contributed by atoms with Crippen molar-refractivity contribution in [2.75, 3.05) is 18.4 Å². The van der Waals surface area contributed by atoms with Crippen LogP contribution >= 0.6 is 27.5 Å². The molecule has 0 aliphatic rings. The zero-order valence-electron chi connectivity index (χ0n) is 12.8. The first kappa shape index (κ1) is 16.7. The quantitative estimate of drug-likeness (QED) is 0.541. The van der Waals surface area contributed by atoms with Gasteiger partial charge in [-0.25, -0.2) is 0 Å². The molecule has 2 aromatic carbocycles. The highest BCUT2D eigenvalue weighted by Crippen LogP contribution is 2.26. The van der Waals surface area contributed by atoms with E-state index in [0.29, 0.717) is 16.6 Å². The topological polar surface area (TPSA) is 74.2 Å². The fourth-order valence-electron chi connectivity index (χ4n) is 2.26. The van der Waals surface area contributed by atoms with Gasteiger partial charge in [-0.1, -0.05) is 12.1 Å². The largest absolute Gasteiger partial charge is 0.507 e. The predicted molar refractivity (Wildman–Crippen MR) is 101 cm³/mol. The van der Waals surface area contributed by atoms with Crippen LogP contribution in [0, 0.1) is 0 Å². The number of nitrogens with zero attached hydrogens (tertiary/aromatic N) is 1. The van der Waals surface area contributed by atoms with Crippen LogP contribution in [0.2, 0.25) is 0 Å². The van der Waals surface area contributed by atoms with E-state index in [4.69, 9.17) is 0 Å². The number of halogens is 1. The third-order valence-electron chi connectivity index (χ3n) is 3.52. The first-order chi connectivity index (χ1) is 11.6. The third kappa shape index (κ3) is 3.85. The lowest BCUT2D eigenvalue weighted by Gasteiger charge is -2.07. The predicted octanol–water partition coefficient (Wildman–Crippen LogP) is 4.00. The van der Waals surface area contributed by atoms with E-state index >= 15 is 0 Å². The first-order valence-corrected chi connectivity index (χ1v) is 9.07. The Morgan fingerprint density at radius 2 is 2.04 bits per heavy atom. The zero-order chi connectivity index (χ0) is 16.9. The van der Waals surface area contributed by atoms with Crippen LogP contribution in [0.5, 0.6) is 5.75 Å². The molecule has 0 bridgehead atoms. The Morgan fingerprint density at radius 1 is 1.21 bits per heavy atom. The molecule has 0 unspecified atom stereocenters. The number of phenols is 1. The molecule has 0 saturated carbocycles. The number of carbonyl (C=O) groups excluding carboxylic acids is 1. The van der Waals surface area contributed by atoms with Crippen LogP contribution in [-0.2, 0) is 0 Å². The molecule has 0 spiro atoms. The van der Waals surface area contributed by atoms with Crippen LogP contribution < -0.4 is 10.6 Å². The van der Waals surface area contributed by atoms with Gasteiger partial charge in [0.15, 0.2) is 0 Å². The van der Waals surface area contributed by atoms with Crippen molar-refractivity contribution >= 4 is 49.3 Å². The molecule has 7 heteroatoms. The van der Waals surface area contributed by atoms with E-state index in [1.54, 1.807) is 12.1 Å². The maximum Gasteiger partial charge on any atom is 0.251 e. The maximum absolute atomic E-state index is 12.0. The monoisotopic (exact) mass is 405 g/mol. The van der Waals surface area contributed by atoms with Gasteiger partial charge in [0.25, 0.3) is 5.91 Å². The third-order valence-corrected chi connectivity index (χ3v) is 4.98. The molecule has 1 heterocycles. The summed E-state index contributed by atoms with van der Waals surface area (Å²) in [6, 6.07) is 12.8. The van der Waals surface area contributed by atoms with E-state index in [-0.39, 0.29) is 11.7 Å². The van der Waals surface area contributed by atoms with E-state index in [0.717, 1.165) is 28.9 Å². The second-order valence-corrected chi connectivity index (χ2v) is 6.89. The van der Waals surface area contributed by atoms with Crippen LogP contribution in [0.15, 0.2) is 46.9 Å². The Morgan fingerprint density at radius 3 is 2.88 bits per heavy atom. The fourth-order valence-corrected chi connectivity index (χ4v) is 3.39. The van der Waals surface area contributed by atoms with Gasteiger partial charge in [0.1, 0.15) is 11.6 Å². The second-order valence-electron chi connectivity index (χ2n) is 5.23. The molecule has 0 radical (unpaired) electrons. The summed E-state index contributed by atoms with van der Waals surface area (Å²) in [5.74, 6) is 0.852. The van der Waals surface area contributed by atoms with Crippen molar-refractivity contribution in [3.8, 4) is 5.75 Å². The molecule has 124 valence electrons. The molecule has 3 N–H and O–H groups in total. The number of aromatic nitrogens is 1. The minimum Gasteiger partial charge on any atom is -0.507 e. The van der Waals surface area contributed by atoms with Crippen LogP contribution in [0.25, 0.3) is 10.1 Å². The van der Waals surface area contributed by atoms with Crippen LogP contribution in [0.4, 0.5) is 5.82 Å². The highest BCUT2D eigenvalue weighted by Gasteiger charge is 2.08. The van der Waals surface area contributed by atoms with Crippen LogP contribution in [0.3, 0.4) is 0 Å². The highest BCUT2D eigenvalue weighted by atomic mass is 79.9. The average Bonchev–Trinajstić information content (AvgIpc) is 3.00. The SMILES string of the molecule is O=C(NCCCNc1nsc2ccccc12)c1ccc(O)c(Br)c1. The number of hydrogen-bond acceptors (Lipinski definition) is 5. The van der Waals surface area contributed by atoms with Gasteiger partial charge in [0.2, 0.25) is 0 Å². The fraction of sp³-hybridized carbons (Fsp3) is 0.176. The van der Waals surface area contributed by atoms with Gasteiger partial charge in [0.05, 0.1) is 9.17 Å². The van der Waals surface area contributed by atoms with Gasteiger partial charge in [0, 0.05) is 24.0 Å². The van der Waals surface area contributed by atoms with Crippen molar-refractivity contribution in [2.24, 2.45) is 0 Å². The molecule has 1 amide bonds. The van der Waals surface area contributed by atoms with Crippen molar-refractivity contribution < 1.29 is 9.90 Å². The second kappa shape index (κ2) is 7.63. The van der Waals surface area contributed by atoms with Gasteiger partial charge in [-0.2, -0.15) is 4.37 Å². The summed E-state index contributed by atoms with van der Waals surface area (Å²) in [4.78, 5) is 12.0. The standard InChI is InChI=1S/C17H16BrN3O2S/c18-13-10-11(6-7-14(13)22)17(23)20-9-3-8-19-16-12-4-1-2-5-15(12)24-21-16/h1-2,4-7,10,22H,3,8-9H2,(H,19,21)(H,20,23). The molecular formula is C17H16BrN3O2S. The van der Waals surface area contributed by atoms with Gasteiger partial charge >= 0.3 is 0 Å². The van der Waals surface area contributed by atoms with E-state index in [2.05, 4.69) is 30.9 Å². The number of aromatic hydroxyl groups is 1. The Labute approximate surface area is 152 Å². The molecule has 0 aliphatic carbocycles. The lowest BCUT2D eigenvalue weighted by Crippen LogP contribution is -2.25. The number of benzene rings is 2. The lowest BCUT2D eigenvalue weighted by atomic mass is 10.2. The van der Waals surface area contributed by atoms with Gasteiger partial charge in [-0.05, 0) is 64.2 Å². The summed E-state index contributed by atoms with van der Waals surface area (Å²) in [5, 5.41) is 16.7. The summed E-state index contributed by atoms with van der Waals surface area (Å²) in [6.45, 7) is 1.29. The van der Waals surface area contributed by atoms with Crippen molar-refractivity contribution in [1.82, 2.24) is 9.69 Å². The molecule has 3 aromatic rings. The molecule has 0 atom stereocenters. The minimum absolute atomic E-state index is 0.117. The number of phenolic OH excluding ortho intramolecular Hbond substituents is 1. The summed E-state index contributed by atoms with van der Waals surface area (Å²) in [7, 11) is 0. The molecule has 0 fully saturated rings. The number of carbonyl (C=O) groups is 1. The normalized spacial score (nSPS) is 10.7. The highest BCUT2D eigenvalue weighted by molar-refractivity contribution is 9.10.